The molecule has 0 unspecified atom stereocenters. The van der Waals surface area contributed by atoms with E-state index in [0.29, 0.717) is 22.6 Å². The van der Waals surface area contributed by atoms with Gasteiger partial charge in [-0.3, -0.25) is 0 Å². The normalized spacial score (nSPS) is 11.7. The van der Waals surface area contributed by atoms with E-state index in [4.69, 9.17) is 5.73 Å². The highest BCUT2D eigenvalue weighted by Gasteiger charge is 2.18. The van der Waals surface area contributed by atoms with Gasteiger partial charge in [0.2, 0.25) is 0 Å². The van der Waals surface area contributed by atoms with Gasteiger partial charge in [-0.1, -0.05) is 6.07 Å². The van der Waals surface area contributed by atoms with Gasteiger partial charge >= 0.3 is 0 Å². The summed E-state index contributed by atoms with van der Waals surface area (Å²) in [5.41, 5.74) is 6.83. The highest BCUT2D eigenvalue weighted by molar-refractivity contribution is 7.91. The Labute approximate surface area is 113 Å². The Bertz CT molecular complexity index is 690. The molecule has 0 atom stereocenters. The van der Waals surface area contributed by atoms with Gasteiger partial charge in [-0.2, -0.15) is 0 Å². The lowest BCUT2D eigenvalue weighted by molar-refractivity contribution is 0.593. The molecule has 0 saturated carbocycles. The second-order valence-corrected chi connectivity index (χ2v) is 6.63. The fraction of sp³-hybridized carbons (Fsp3) is 0.308. The van der Waals surface area contributed by atoms with Crippen LogP contribution in [0.25, 0.3) is 0 Å². The van der Waals surface area contributed by atoms with Gasteiger partial charge in [-0.15, -0.1) is 0 Å². The van der Waals surface area contributed by atoms with Gasteiger partial charge < -0.3 is 10.3 Å². The second-order valence-electron chi connectivity index (χ2n) is 4.55. The SMILES string of the molecule is Cc1ccc(N)cc1S(=O)(=O)CCc1nccn1C. The van der Waals surface area contributed by atoms with E-state index in [0.717, 1.165) is 5.82 Å². The van der Waals surface area contributed by atoms with Crippen LogP contribution in [0.1, 0.15) is 11.4 Å². The molecular formula is C13H17N3O2S. The molecule has 2 rings (SSSR count). The molecule has 0 radical (unpaired) electrons. The van der Waals surface area contributed by atoms with Crippen molar-refractivity contribution in [1.82, 2.24) is 9.55 Å². The lowest BCUT2D eigenvalue weighted by Gasteiger charge is -2.08. The molecule has 2 aromatic rings. The monoisotopic (exact) mass is 279 g/mol. The van der Waals surface area contributed by atoms with E-state index in [-0.39, 0.29) is 5.75 Å². The molecule has 0 aliphatic heterocycles. The number of aromatic nitrogens is 2. The molecule has 1 heterocycles. The molecule has 2 N–H and O–H groups in total. The standard InChI is InChI=1S/C13H17N3O2S/c1-10-3-4-11(14)9-12(10)19(17,18)8-5-13-15-6-7-16(13)2/h3-4,6-7,9H,5,8,14H2,1-2H3. The van der Waals surface area contributed by atoms with Crippen LogP contribution in [0.5, 0.6) is 0 Å². The predicted molar refractivity (Wildman–Crippen MR) is 74.6 cm³/mol. The summed E-state index contributed by atoms with van der Waals surface area (Å²) in [6, 6.07) is 4.94. The summed E-state index contributed by atoms with van der Waals surface area (Å²) in [7, 11) is -1.49. The number of nitrogen functional groups attached to an aromatic ring is 1. The average Bonchev–Trinajstić information content (AvgIpc) is 2.75. The van der Waals surface area contributed by atoms with Gasteiger partial charge in [0, 0.05) is 31.5 Å². The van der Waals surface area contributed by atoms with Gasteiger partial charge in [0.05, 0.1) is 10.6 Å². The van der Waals surface area contributed by atoms with Crippen molar-refractivity contribution >= 4 is 15.5 Å². The minimum absolute atomic E-state index is 0.0299. The number of rotatable bonds is 4. The number of aryl methyl sites for hydroxylation is 3. The molecule has 0 bridgehead atoms. The highest BCUT2D eigenvalue weighted by Crippen LogP contribution is 2.20. The highest BCUT2D eigenvalue weighted by atomic mass is 32.2. The first kappa shape index (κ1) is 13.6. The fourth-order valence-corrected chi connectivity index (χ4v) is 3.47. The van der Waals surface area contributed by atoms with E-state index in [1.165, 1.54) is 6.07 Å². The number of imidazole rings is 1. The minimum atomic E-state index is -3.34. The van der Waals surface area contributed by atoms with Crippen LogP contribution in [0.4, 0.5) is 5.69 Å². The van der Waals surface area contributed by atoms with Crippen LogP contribution in [0.2, 0.25) is 0 Å². The molecule has 1 aromatic heterocycles. The zero-order chi connectivity index (χ0) is 14.0. The maximum atomic E-state index is 12.3. The topological polar surface area (TPSA) is 78.0 Å². The maximum Gasteiger partial charge on any atom is 0.179 e. The summed E-state index contributed by atoms with van der Waals surface area (Å²) in [4.78, 5) is 4.43. The first-order valence-electron chi connectivity index (χ1n) is 5.95. The number of nitrogens with two attached hydrogens (primary N) is 1. The minimum Gasteiger partial charge on any atom is -0.399 e. The van der Waals surface area contributed by atoms with Crippen LogP contribution in [-0.2, 0) is 23.3 Å². The van der Waals surface area contributed by atoms with Gasteiger partial charge in [0.1, 0.15) is 5.82 Å². The van der Waals surface area contributed by atoms with E-state index in [1.54, 1.807) is 31.5 Å². The Morgan fingerprint density at radius 3 is 2.74 bits per heavy atom. The predicted octanol–water partition coefficient (Wildman–Crippen LogP) is 1.33. The Morgan fingerprint density at radius 1 is 1.37 bits per heavy atom. The lowest BCUT2D eigenvalue weighted by atomic mass is 10.2. The summed E-state index contributed by atoms with van der Waals surface area (Å²) in [6.45, 7) is 1.77. The molecule has 102 valence electrons. The Balaban J connectivity index is 2.23. The van der Waals surface area contributed by atoms with Gasteiger partial charge in [0.15, 0.2) is 9.84 Å². The van der Waals surface area contributed by atoms with Crippen LogP contribution < -0.4 is 5.73 Å². The van der Waals surface area contributed by atoms with E-state index in [1.807, 2.05) is 11.6 Å². The van der Waals surface area contributed by atoms with Crippen molar-refractivity contribution in [2.45, 2.75) is 18.2 Å². The smallest absolute Gasteiger partial charge is 0.179 e. The first-order chi connectivity index (χ1) is 8.90. The average molecular weight is 279 g/mol. The largest absolute Gasteiger partial charge is 0.399 e. The third kappa shape index (κ3) is 2.96. The second kappa shape index (κ2) is 5.05. The molecular weight excluding hydrogens is 262 g/mol. The molecule has 5 nitrogen and oxygen atoms in total. The third-order valence-corrected chi connectivity index (χ3v) is 4.91. The van der Waals surface area contributed by atoms with Crippen LogP contribution >= 0.6 is 0 Å². The zero-order valence-electron chi connectivity index (χ0n) is 11.0. The van der Waals surface area contributed by atoms with Crippen molar-refractivity contribution in [2.24, 2.45) is 7.05 Å². The molecule has 0 saturated heterocycles. The number of anilines is 1. The fourth-order valence-electron chi connectivity index (χ4n) is 1.92. The summed E-state index contributed by atoms with van der Waals surface area (Å²) in [6.07, 6.45) is 3.85. The first-order valence-corrected chi connectivity index (χ1v) is 7.60. The molecule has 6 heteroatoms. The van der Waals surface area contributed by atoms with E-state index in [2.05, 4.69) is 4.98 Å². The van der Waals surface area contributed by atoms with Gasteiger partial charge in [-0.25, -0.2) is 13.4 Å². The van der Waals surface area contributed by atoms with Gasteiger partial charge in [-0.05, 0) is 24.6 Å². The van der Waals surface area contributed by atoms with Crippen molar-refractivity contribution in [3.05, 3.63) is 42.0 Å². The quantitative estimate of drug-likeness (QED) is 0.856. The van der Waals surface area contributed by atoms with Crippen LogP contribution in [-0.4, -0.2) is 23.7 Å². The molecule has 0 aliphatic rings. The van der Waals surface area contributed by atoms with E-state index >= 15 is 0 Å². The van der Waals surface area contributed by atoms with Gasteiger partial charge in [0.25, 0.3) is 0 Å². The van der Waals surface area contributed by atoms with Crippen molar-refractivity contribution in [2.75, 3.05) is 11.5 Å². The van der Waals surface area contributed by atoms with E-state index in [9.17, 15) is 8.42 Å². The number of sulfone groups is 1. The Kier molecular flexibility index (Phi) is 3.61. The molecule has 0 aliphatic carbocycles. The summed E-state index contributed by atoms with van der Waals surface area (Å²) in [5, 5.41) is 0. The number of benzene rings is 1. The molecule has 1 aromatic carbocycles. The summed E-state index contributed by atoms with van der Waals surface area (Å²) >= 11 is 0. The number of nitrogens with zero attached hydrogens (tertiary/aromatic N) is 2. The Hall–Kier alpha value is -1.82. The van der Waals surface area contributed by atoms with Crippen LogP contribution in [0.3, 0.4) is 0 Å². The molecule has 0 amide bonds. The number of hydrogen-bond donors (Lipinski definition) is 1. The van der Waals surface area contributed by atoms with Crippen LogP contribution in [0, 0.1) is 6.92 Å². The van der Waals surface area contributed by atoms with Crippen molar-refractivity contribution < 1.29 is 8.42 Å². The lowest BCUT2D eigenvalue weighted by Crippen LogP contribution is -2.13. The summed E-state index contributed by atoms with van der Waals surface area (Å²) < 4.78 is 26.5. The van der Waals surface area contributed by atoms with Crippen LogP contribution in [0.15, 0.2) is 35.5 Å². The molecule has 0 fully saturated rings. The van der Waals surface area contributed by atoms with Crippen molar-refractivity contribution in [1.29, 1.82) is 0 Å². The zero-order valence-corrected chi connectivity index (χ0v) is 11.8. The Morgan fingerprint density at radius 2 is 2.11 bits per heavy atom. The molecule has 0 spiro atoms. The van der Waals surface area contributed by atoms with Crippen molar-refractivity contribution in [3.8, 4) is 0 Å². The van der Waals surface area contributed by atoms with Crippen molar-refractivity contribution in [3.63, 3.8) is 0 Å². The van der Waals surface area contributed by atoms with E-state index < -0.39 is 9.84 Å². The summed E-state index contributed by atoms with van der Waals surface area (Å²) in [5.74, 6) is 0.785. The maximum absolute atomic E-state index is 12.3. The third-order valence-electron chi connectivity index (χ3n) is 3.06. The molecule has 19 heavy (non-hydrogen) atoms. The number of hydrogen-bond acceptors (Lipinski definition) is 4.